The summed E-state index contributed by atoms with van der Waals surface area (Å²) in [5.41, 5.74) is 4.45. The standard InChI is InChI=1S/C22H23N3OS/c1-17-9-11-18(12-10-17)20-15-23-22(25(20)19-7-3-2-4-8-19)27-16-21(26)24-13-5-6-14-24/h2-4,7-12,15H,5-6,13-14,16H2,1H3. The van der Waals surface area contributed by atoms with Crippen molar-refractivity contribution >= 4 is 17.7 Å². The largest absolute Gasteiger partial charge is 0.342 e. The average Bonchev–Trinajstić information content (AvgIpc) is 3.37. The number of hydrogen-bond acceptors (Lipinski definition) is 3. The number of benzene rings is 2. The number of imidazole rings is 1. The van der Waals surface area contributed by atoms with Crippen LogP contribution in [0.5, 0.6) is 0 Å². The summed E-state index contributed by atoms with van der Waals surface area (Å²) in [4.78, 5) is 19.1. The molecule has 2 aromatic carbocycles. The lowest BCUT2D eigenvalue weighted by atomic mass is 10.1. The highest BCUT2D eigenvalue weighted by atomic mass is 32.2. The molecule has 5 heteroatoms. The predicted molar refractivity (Wildman–Crippen MR) is 110 cm³/mol. The van der Waals surface area contributed by atoms with Gasteiger partial charge in [0.15, 0.2) is 5.16 Å². The minimum Gasteiger partial charge on any atom is -0.342 e. The van der Waals surface area contributed by atoms with Gasteiger partial charge in [-0.15, -0.1) is 0 Å². The smallest absolute Gasteiger partial charge is 0.233 e. The molecule has 0 saturated carbocycles. The van der Waals surface area contributed by atoms with E-state index < -0.39 is 0 Å². The van der Waals surface area contributed by atoms with Gasteiger partial charge in [-0.25, -0.2) is 4.98 Å². The van der Waals surface area contributed by atoms with E-state index in [2.05, 4.69) is 52.9 Å². The minimum absolute atomic E-state index is 0.206. The summed E-state index contributed by atoms with van der Waals surface area (Å²) < 4.78 is 2.15. The lowest BCUT2D eigenvalue weighted by Gasteiger charge is -2.15. The summed E-state index contributed by atoms with van der Waals surface area (Å²) in [5, 5.41) is 0.851. The number of para-hydroxylation sites is 1. The number of carbonyl (C=O) groups is 1. The Morgan fingerprint density at radius 2 is 1.74 bits per heavy atom. The summed E-state index contributed by atoms with van der Waals surface area (Å²) in [7, 11) is 0. The van der Waals surface area contributed by atoms with Crippen LogP contribution in [0.1, 0.15) is 18.4 Å². The van der Waals surface area contributed by atoms with Crippen LogP contribution >= 0.6 is 11.8 Å². The van der Waals surface area contributed by atoms with Gasteiger partial charge in [-0.2, -0.15) is 0 Å². The maximum Gasteiger partial charge on any atom is 0.233 e. The van der Waals surface area contributed by atoms with Crippen molar-refractivity contribution in [2.24, 2.45) is 0 Å². The minimum atomic E-state index is 0.206. The second kappa shape index (κ2) is 8.01. The SMILES string of the molecule is Cc1ccc(-c2cnc(SCC(=O)N3CCCC3)n2-c2ccccc2)cc1. The summed E-state index contributed by atoms with van der Waals surface area (Å²) >= 11 is 1.52. The molecule has 0 spiro atoms. The fourth-order valence-electron chi connectivity index (χ4n) is 3.38. The number of aromatic nitrogens is 2. The lowest BCUT2D eigenvalue weighted by Crippen LogP contribution is -2.29. The predicted octanol–water partition coefficient (Wildman–Crippen LogP) is 4.56. The third-order valence-corrected chi connectivity index (χ3v) is 5.81. The van der Waals surface area contributed by atoms with Crippen molar-refractivity contribution in [3.05, 3.63) is 66.4 Å². The van der Waals surface area contributed by atoms with Gasteiger partial charge in [0, 0.05) is 24.3 Å². The molecule has 4 nitrogen and oxygen atoms in total. The summed E-state index contributed by atoms with van der Waals surface area (Å²) in [5.74, 6) is 0.633. The monoisotopic (exact) mass is 377 g/mol. The first-order valence-electron chi connectivity index (χ1n) is 9.33. The molecule has 2 heterocycles. The van der Waals surface area contributed by atoms with E-state index in [9.17, 15) is 4.79 Å². The van der Waals surface area contributed by atoms with Crippen molar-refractivity contribution in [3.63, 3.8) is 0 Å². The van der Waals surface area contributed by atoms with Crippen LogP contribution in [0.15, 0.2) is 66.0 Å². The van der Waals surface area contributed by atoms with E-state index >= 15 is 0 Å². The van der Waals surface area contributed by atoms with Gasteiger partial charge in [-0.3, -0.25) is 9.36 Å². The number of thioether (sulfide) groups is 1. The third kappa shape index (κ3) is 3.93. The van der Waals surface area contributed by atoms with E-state index in [1.807, 2.05) is 29.3 Å². The summed E-state index contributed by atoms with van der Waals surface area (Å²) in [6, 6.07) is 18.7. The van der Waals surface area contributed by atoms with Crippen LogP contribution in [0.4, 0.5) is 0 Å². The van der Waals surface area contributed by atoms with Crippen LogP contribution in [0.3, 0.4) is 0 Å². The molecule has 1 fully saturated rings. The van der Waals surface area contributed by atoms with E-state index in [4.69, 9.17) is 0 Å². The van der Waals surface area contributed by atoms with Gasteiger partial charge < -0.3 is 4.90 Å². The molecule has 4 rings (SSSR count). The maximum absolute atomic E-state index is 12.4. The van der Waals surface area contributed by atoms with E-state index in [0.29, 0.717) is 5.75 Å². The number of carbonyl (C=O) groups excluding carboxylic acids is 1. The Labute approximate surface area is 164 Å². The molecule has 0 radical (unpaired) electrons. The number of hydrogen-bond donors (Lipinski definition) is 0. The average molecular weight is 378 g/mol. The fourth-order valence-corrected chi connectivity index (χ4v) is 4.27. The molecule has 0 bridgehead atoms. The van der Waals surface area contributed by atoms with Crippen molar-refractivity contribution in [1.29, 1.82) is 0 Å². The number of nitrogens with zero attached hydrogens (tertiary/aromatic N) is 3. The molecule has 0 unspecified atom stereocenters. The normalized spacial score (nSPS) is 13.9. The topological polar surface area (TPSA) is 38.1 Å². The van der Waals surface area contributed by atoms with E-state index in [-0.39, 0.29) is 5.91 Å². The first kappa shape index (κ1) is 17.9. The van der Waals surface area contributed by atoms with Gasteiger partial charge in [0.25, 0.3) is 0 Å². The quantitative estimate of drug-likeness (QED) is 0.612. The fraction of sp³-hybridized carbons (Fsp3) is 0.273. The van der Waals surface area contributed by atoms with Gasteiger partial charge in [0.1, 0.15) is 0 Å². The summed E-state index contributed by atoms with van der Waals surface area (Å²) in [6.07, 6.45) is 4.14. The van der Waals surface area contributed by atoms with Crippen molar-refractivity contribution in [3.8, 4) is 16.9 Å². The molecular weight excluding hydrogens is 354 g/mol. The van der Waals surface area contributed by atoms with Crippen LogP contribution in [0.2, 0.25) is 0 Å². The Bertz CT molecular complexity index is 912. The van der Waals surface area contributed by atoms with Crippen molar-refractivity contribution in [2.45, 2.75) is 24.9 Å². The van der Waals surface area contributed by atoms with E-state index in [1.165, 1.54) is 17.3 Å². The summed E-state index contributed by atoms with van der Waals surface area (Å²) in [6.45, 7) is 3.87. The van der Waals surface area contributed by atoms with Crippen LogP contribution in [0, 0.1) is 6.92 Å². The maximum atomic E-state index is 12.4. The van der Waals surface area contributed by atoms with Gasteiger partial charge >= 0.3 is 0 Å². The Balaban J connectivity index is 1.65. The molecule has 27 heavy (non-hydrogen) atoms. The number of rotatable bonds is 5. The van der Waals surface area contributed by atoms with E-state index in [1.54, 1.807) is 0 Å². The Hall–Kier alpha value is -2.53. The third-order valence-electron chi connectivity index (χ3n) is 4.87. The van der Waals surface area contributed by atoms with Crippen LogP contribution in [-0.4, -0.2) is 39.2 Å². The Morgan fingerprint density at radius 1 is 1.04 bits per heavy atom. The highest BCUT2D eigenvalue weighted by Crippen LogP contribution is 2.30. The van der Waals surface area contributed by atoms with E-state index in [0.717, 1.165) is 48.0 Å². The molecule has 3 aromatic rings. The second-order valence-corrected chi connectivity index (χ2v) is 7.78. The number of likely N-dealkylation sites (tertiary alicyclic amines) is 1. The molecule has 0 aliphatic carbocycles. The molecule has 0 N–H and O–H groups in total. The lowest BCUT2D eigenvalue weighted by molar-refractivity contribution is -0.127. The first-order chi connectivity index (χ1) is 13.2. The second-order valence-electron chi connectivity index (χ2n) is 6.84. The Kier molecular flexibility index (Phi) is 5.30. The molecule has 1 aromatic heterocycles. The molecule has 1 saturated heterocycles. The molecular formula is C22H23N3OS. The highest BCUT2D eigenvalue weighted by molar-refractivity contribution is 7.99. The first-order valence-corrected chi connectivity index (χ1v) is 10.3. The zero-order valence-corrected chi connectivity index (χ0v) is 16.3. The van der Waals surface area contributed by atoms with Gasteiger partial charge in [-0.05, 0) is 31.9 Å². The molecule has 0 atom stereocenters. The Morgan fingerprint density at radius 3 is 2.44 bits per heavy atom. The molecule has 1 amide bonds. The zero-order chi connectivity index (χ0) is 18.6. The van der Waals surface area contributed by atoms with Gasteiger partial charge in [0.2, 0.25) is 5.91 Å². The van der Waals surface area contributed by atoms with Crippen LogP contribution in [-0.2, 0) is 4.79 Å². The highest BCUT2D eigenvalue weighted by Gasteiger charge is 2.20. The van der Waals surface area contributed by atoms with Crippen molar-refractivity contribution < 1.29 is 4.79 Å². The van der Waals surface area contributed by atoms with Gasteiger partial charge in [-0.1, -0.05) is 59.8 Å². The van der Waals surface area contributed by atoms with Crippen molar-refractivity contribution in [2.75, 3.05) is 18.8 Å². The number of aryl methyl sites for hydroxylation is 1. The van der Waals surface area contributed by atoms with Crippen LogP contribution in [0.25, 0.3) is 16.9 Å². The zero-order valence-electron chi connectivity index (χ0n) is 15.5. The number of amides is 1. The van der Waals surface area contributed by atoms with Crippen molar-refractivity contribution in [1.82, 2.24) is 14.5 Å². The molecule has 1 aliphatic rings. The molecule has 138 valence electrons. The van der Waals surface area contributed by atoms with Gasteiger partial charge in [0.05, 0.1) is 17.6 Å². The van der Waals surface area contributed by atoms with Crippen LogP contribution < -0.4 is 0 Å². The molecule has 1 aliphatic heterocycles.